The second-order valence-electron chi connectivity index (χ2n) is 9.27. The monoisotopic (exact) mass is 451 g/mol. The zero-order valence-corrected chi connectivity index (χ0v) is 19.0. The number of carbonyl (C=O) groups is 2. The van der Waals surface area contributed by atoms with E-state index in [-0.39, 0.29) is 23.6 Å². The lowest BCUT2D eigenvalue weighted by molar-refractivity contribution is -0.117. The Morgan fingerprint density at radius 2 is 1.91 bits per heavy atom. The van der Waals surface area contributed by atoms with Gasteiger partial charge in [0.15, 0.2) is 0 Å². The van der Waals surface area contributed by atoms with Gasteiger partial charge in [0.1, 0.15) is 12.0 Å². The topological polar surface area (TPSA) is 110 Å². The first-order chi connectivity index (χ1) is 15.6. The lowest BCUT2D eigenvalue weighted by atomic mass is 9.97. The van der Waals surface area contributed by atoms with Crippen molar-refractivity contribution in [2.45, 2.75) is 52.2 Å². The normalized spacial score (nSPS) is 17.5. The van der Waals surface area contributed by atoms with Crippen LogP contribution in [0.1, 0.15) is 54.8 Å². The number of amides is 2. The van der Waals surface area contributed by atoms with Gasteiger partial charge in [0, 0.05) is 18.2 Å². The molecule has 2 amide bonds. The van der Waals surface area contributed by atoms with Crippen molar-refractivity contribution in [1.29, 1.82) is 0 Å². The van der Waals surface area contributed by atoms with Crippen LogP contribution in [0.25, 0.3) is 11.1 Å². The standard InChI is InChI=1S/C24H26FN5O3/c1-13-9-14(15-7-8-26-19(10-15)28-21(31)17-11-18(17)25)5-6-16(13)12-27-22(32)20-29-23(33-30-20)24(2,3)4/h5-10,17-18H,11-12H2,1-4H3,(H,27,32)(H,26,28,31). The molecule has 0 saturated heterocycles. The number of benzene rings is 1. The quantitative estimate of drug-likeness (QED) is 0.587. The number of nitrogens with zero attached hydrogens (tertiary/aromatic N) is 3. The SMILES string of the molecule is Cc1cc(-c2ccnc(NC(=O)C3CC3F)c2)ccc1CNC(=O)c1noc(C(C)(C)C)n1. The summed E-state index contributed by atoms with van der Waals surface area (Å²) in [5.74, 6) is -0.516. The minimum absolute atomic E-state index is 0.00541. The Morgan fingerprint density at radius 1 is 1.18 bits per heavy atom. The van der Waals surface area contributed by atoms with Crippen LogP contribution >= 0.6 is 0 Å². The van der Waals surface area contributed by atoms with E-state index in [1.807, 2.05) is 52.0 Å². The molecular weight excluding hydrogens is 425 g/mol. The summed E-state index contributed by atoms with van der Waals surface area (Å²) in [7, 11) is 0. The van der Waals surface area contributed by atoms with Crippen LogP contribution in [0.3, 0.4) is 0 Å². The third kappa shape index (κ3) is 5.24. The highest BCUT2D eigenvalue weighted by Gasteiger charge is 2.43. The predicted molar refractivity (Wildman–Crippen MR) is 120 cm³/mol. The fraction of sp³-hybridized carbons (Fsp3) is 0.375. The van der Waals surface area contributed by atoms with E-state index in [1.54, 1.807) is 12.3 Å². The summed E-state index contributed by atoms with van der Waals surface area (Å²) in [6.45, 7) is 8.06. The van der Waals surface area contributed by atoms with Gasteiger partial charge in [-0.15, -0.1) is 0 Å². The molecule has 33 heavy (non-hydrogen) atoms. The summed E-state index contributed by atoms with van der Waals surface area (Å²) in [6, 6.07) is 9.45. The Kier molecular flexibility index (Phi) is 5.97. The molecule has 172 valence electrons. The average Bonchev–Trinajstić information content (AvgIpc) is 3.28. The van der Waals surface area contributed by atoms with Crippen LogP contribution in [0, 0.1) is 12.8 Å². The lowest BCUT2D eigenvalue weighted by Crippen LogP contribution is -2.24. The molecule has 2 heterocycles. The number of aryl methyl sites for hydroxylation is 1. The summed E-state index contributed by atoms with van der Waals surface area (Å²) in [5, 5.41) is 9.26. The van der Waals surface area contributed by atoms with Gasteiger partial charge in [-0.1, -0.05) is 44.1 Å². The van der Waals surface area contributed by atoms with Crippen LogP contribution in [-0.4, -0.2) is 33.1 Å². The number of anilines is 1. The van der Waals surface area contributed by atoms with Gasteiger partial charge in [0.25, 0.3) is 11.7 Å². The van der Waals surface area contributed by atoms with Gasteiger partial charge >= 0.3 is 0 Å². The summed E-state index contributed by atoms with van der Waals surface area (Å²) < 4.78 is 18.3. The lowest BCUT2D eigenvalue weighted by Gasteiger charge is -2.11. The number of pyridine rings is 1. The molecular formula is C24H26FN5O3. The van der Waals surface area contributed by atoms with Crippen molar-refractivity contribution in [2.75, 3.05) is 5.32 Å². The Balaban J connectivity index is 1.41. The Hall–Kier alpha value is -3.62. The third-order valence-electron chi connectivity index (χ3n) is 5.45. The Morgan fingerprint density at radius 3 is 2.55 bits per heavy atom. The van der Waals surface area contributed by atoms with E-state index < -0.39 is 18.0 Å². The fourth-order valence-electron chi connectivity index (χ4n) is 3.28. The van der Waals surface area contributed by atoms with Crippen LogP contribution in [0.15, 0.2) is 41.1 Å². The van der Waals surface area contributed by atoms with Crippen LogP contribution in [0.2, 0.25) is 0 Å². The molecule has 2 unspecified atom stereocenters. The smallest absolute Gasteiger partial charge is 0.292 e. The molecule has 1 aliphatic carbocycles. The molecule has 8 nitrogen and oxygen atoms in total. The van der Waals surface area contributed by atoms with Crippen molar-refractivity contribution < 1.29 is 18.5 Å². The van der Waals surface area contributed by atoms with Gasteiger partial charge in [-0.2, -0.15) is 4.98 Å². The van der Waals surface area contributed by atoms with Gasteiger partial charge in [-0.25, -0.2) is 9.37 Å². The van der Waals surface area contributed by atoms with Crippen molar-refractivity contribution >= 4 is 17.6 Å². The van der Waals surface area contributed by atoms with E-state index >= 15 is 0 Å². The molecule has 1 aliphatic rings. The maximum atomic E-state index is 13.1. The number of hydrogen-bond acceptors (Lipinski definition) is 6. The van der Waals surface area contributed by atoms with E-state index in [1.165, 1.54) is 0 Å². The molecule has 1 saturated carbocycles. The minimum Gasteiger partial charge on any atom is -0.345 e. The fourth-order valence-corrected chi connectivity index (χ4v) is 3.28. The number of alkyl halides is 1. The number of rotatable bonds is 6. The van der Waals surface area contributed by atoms with Crippen LogP contribution < -0.4 is 10.6 Å². The molecule has 0 bridgehead atoms. The molecule has 0 radical (unpaired) electrons. The van der Waals surface area contributed by atoms with Crippen molar-refractivity contribution in [3.8, 4) is 11.1 Å². The molecule has 2 N–H and O–H groups in total. The summed E-state index contributed by atoms with van der Waals surface area (Å²) in [5.41, 5.74) is 3.39. The predicted octanol–water partition coefficient (Wildman–Crippen LogP) is 3.96. The highest BCUT2D eigenvalue weighted by Crippen LogP contribution is 2.34. The molecule has 9 heteroatoms. The highest BCUT2D eigenvalue weighted by molar-refractivity contribution is 5.94. The van der Waals surface area contributed by atoms with E-state index in [0.717, 1.165) is 22.3 Å². The van der Waals surface area contributed by atoms with Crippen molar-refractivity contribution in [1.82, 2.24) is 20.4 Å². The number of nitrogens with one attached hydrogen (secondary N) is 2. The largest absolute Gasteiger partial charge is 0.345 e. The van der Waals surface area contributed by atoms with Gasteiger partial charge in [-0.05, 0) is 47.7 Å². The maximum Gasteiger partial charge on any atom is 0.292 e. The van der Waals surface area contributed by atoms with Crippen molar-refractivity contribution in [3.63, 3.8) is 0 Å². The minimum atomic E-state index is -1.05. The van der Waals surface area contributed by atoms with Gasteiger partial charge < -0.3 is 15.2 Å². The van der Waals surface area contributed by atoms with Crippen LogP contribution in [-0.2, 0) is 16.8 Å². The summed E-state index contributed by atoms with van der Waals surface area (Å²) >= 11 is 0. The Bertz CT molecular complexity index is 1200. The first-order valence-corrected chi connectivity index (χ1v) is 10.7. The van der Waals surface area contributed by atoms with Gasteiger partial charge in [0.2, 0.25) is 11.8 Å². The zero-order valence-electron chi connectivity index (χ0n) is 19.0. The maximum absolute atomic E-state index is 13.1. The second kappa shape index (κ2) is 8.73. The molecule has 1 aromatic carbocycles. The first kappa shape index (κ1) is 22.6. The van der Waals surface area contributed by atoms with Crippen molar-refractivity contribution in [3.05, 3.63) is 59.4 Å². The van der Waals surface area contributed by atoms with E-state index in [2.05, 4.69) is 25.8 Å². The van der Waals surface area contributed by atoms with Crippen LogP contribution in [0.4, 0.5) is 10.2 Å². The summed E-state index contributed by atoms with van der Waals surface area (Å²) in [4.78, 5) is 32.7. The molecule has 3 aromatic rings. The van der Waals surface area contributed by atoms with E-state index in [4.69, 9.17) is 4.52 Å². The first-order valence-electron chi connectivity index (χ1n) is 10.7. The second-order valence-corrected chi connectivity index (χ2v) is 9.27. The Labute approximate surface area is 191 Å². The van der Waals surface area contributed by atoms with Gasteiger partial charge in [0.05, 0.1) is 5.92 Å². The van der Waals surface area contributed by atoms with E-state index in [0.29, 0.717) is 18.3 Å². The molecule has 2 atom stereocenters. The molecule has 0 aliphatic heterocycles. The number of hydrogen-bond donors (Lipinski definition) is 2. The average molecular weight is 452 g/mol. The van der Waals surface area contributed by atoms with Crippen molar-refractivity contribution in [2.24, 2.45) is 5.92 Å². The zero-order chi connectivity index (χ0) is 23.8. The number of carbonyl (C=O) groups excluding carboxylic acids is 2. The van der Waals surface area contributed by atoms with Crippen LogP contribution in [0.5, 0.6) is 0 Å². The number of aromatic nitrogens is 3. The summed E-state index contributed by atoms with van der Waals surface area (Å²) in [6.07, 6.45) is 0.822. The molecule has 4 rings (SSSR count). The molecule has 1 fully saturated rings. The molecule has 0 spiro atoms. The number of halogens is 1. The highest BCUT2D eigenvalue weighted by atomic mass is 19.1. The molecule has 2 aromatic heterocycles. The third-order valence-corrected chi connectivity index (χ3v) is 5.45. The van der Waals surface area contributed by atoms with Gasteiger partial charge in [-0.3, -0.25) is 9.59 Å². The van der Waals surface area contributed by atoms with E-state index in [9.17, 15) is 14.0 Å².